The maximum absolute atomic E-state index is 3.56. The minimum atomic E-state index is 0.883. The Morgan fingerprint density at radius 1 is 1.05 bits per heavy atom. The second-order valence-electron chi connectivity index (χ2n) is 5.04. The van der Waals surface area contributed by atoms with Gasteiger partial charge in [-0.15, -0.1) is 0 Å². The van der Waals surface area contributed by atoms with Crippen LogP contribution in [0.4, 0.5) is 5.69 Å². The first-order chi connectivity index (χ1) is 10.1. The molecular formula is C17H20Br2N2. The summed E-state index contributed by atoms with van der Waals surface area (Å²) in [4.78, 5) is 2.29. The number of hydrogen-bond donors (Lipinski definition) is 1. The van der Waals surface area contributed by atoms with Crippen molar-refractivity contribution in [2.24, 2.45) is 0 Å². The second kappa shape index (κ2) is 7.97. The van der Waals surface area contributed by atoms with Crippen molar-refractivity contribution in [2.45, 2.75) is 20.0 Å². The monoisotopic (exact) mass is 410 g/mol. The minimum Gasteiger partial charge on any atom is -0.370 e. The topological polar surface area (TPSA) is 15.3 Å². The molecule has 1 N–H and O–H groups in total. The van der Waals surface area contributed by atoms with Gasteiger partial charge in [-0.05, 0) is 48.0 Å². The Labute approximate surface area is 143 Å². The van der Waals surface area contributed by atoms with Crippen molar-refractivity contribution in [1.29, 1.82) is 0 Å². The fourth-order valence-electron chi connectivity index (χ4n) is 2.32. The van der Waals surface area contributed by atoms with Crippen LogP contribution in [0.5, 0.6) is 0 Å². The maximum atomic E-state index is 3.56. The zero-order valence-electron chi connectivity index (χ0n) is 12.4. The zero-order valence-corrected chi connectivity index (χ0v) is 15.5. The summed E-state index contributed by atoms with van der Waals surface area (Å²) in [6.45, 7) is 4.87. The van der Waals surface area contributed by atoms with Gasteiger partial charge in [0.1, 0.15) is 0 Å². The van der Waals surface area contributed by atoms with Gasteiger partial charge in [-0.1, -0.05) is 50.9 Å². The van der Waals surface area contributed by atoms with Crippen LogP contribution in [-0.4, -0.2) is 13.6 Å². The molecule has 0 heterocycles. The molecule has 0 aliphatic rings. The summed E-state index contributed by atoms with van der Waals surface area (Å²) >= 11 is 7.09. The van der Waals surface area contributed by atoms with Crippen molar-refractivity contribution in [1.82, 2.24) is 5.32 Å². The van der Waals surface area contributed by atoms with E-state index in [9.17, 15) is 0 Å². The Morgan fingerprint density at radius 2 is 1.81 bits per heavy atom. The molecule has 0 amide bonds. The van der Waals surface area contributed by atoms with Crippen molar-refractivity contribution in [3.63, 3.8) is 0 Å². The van der Waals surface area contributed by atoms with Crippen LogP contribution in [0.25, 0.3) is 0 Å². The fraction of sp³-hybridized carbons (Fsp3) is 0.294. The van der Waals surface area contributed by atoms with E-state index >= 15 is 0 Å². The first-order valence-electron chi connectivity index (χ1n) is 7.05. The lowest BCUT2D eigenvalue weighted by Crippen LogP contribution is -2.20. The van der Waals surface area contributed by atoms with Gasteiger partial charge >= 0.3 is 0 Å². The quantitative estimate of drug-likeness (QED) is 0.722. The highest BCUT2D eigenvalue weighted by molar-refractivity contribution is 9.10. The number of rotatable bonds is 6. The third-order valence-corrected chi connectivity index (χ3v) is 4.31. The number of anilines is 1. The second-order valence-corrected chi connectivity index (χ2v) is 6.87. The van der Waals surface area contributed by atoms with Crippen LogP contribution >= 0.6 is 31.9 Å². The molecule has 2 aromatic carbocycles. The molecule has 0 radical (unpaired) electrons. The standard InChI is InChI=1S/C17H20Br2N2/c1-3-20-11-14-10-16(19)7-8-17(14)21(2)12-13-5-4-6-15(18)9-13/h4-10,20H,3,11-12H2,1-2H3. The van der Waals surface area contributed by atoms with Crippen LogP contribution in [0.2, 0.25) is 0 Å². The van der Waals surface area contributed by atoms with Crippen LogP contribution in [0, 0.1) is 0 Å². The molecule has 0 bridgehead atoms. The summed E-state index contributed by atoms with van der Waals surface area (Å²) in [7, 11) is 2.14. The smallest absolute Gasteiger partial charge is 0.0426 e. The molecule has 0 spiro atoms. The SMILES string of the molecule is CCNCc1cc(Br)ccc1N(C)Cc1cccc(Br)c1. The Kier molecular flexibility index (Phi) is 6.27. The van der Waals surface area contributed by atoms with Crippen LogP contribution in [0.1, 0.15) is 18.1 Å². The Balaban J connectivity index is 2.19. The Morgan fingerprint density at radius 3 is 2.52 bits per heavy atom. The van der Waals surface area contributed by atoms with Crippen molar-refractivity contribution in [2.75, 3.05) is 18.5 Å². The molecule has 2 nitrogen and oxygen atoms in total. The molecule has 0 fully saturated rings. The predicted octanol–water partition coefficient (Wildman–Crippen LogP) is 4.96. The third kappa shape index (κ3) is 4.83. The first kappa shape index (κ1) is 16.5. The van der Waals surface area contributed by atoms with E-state index in [1.165, 1.54) is 16.8 Å². The van der Waals surface area contributed by atoms with E-state index in [1.54, 1.807) is 0 Å². The molecule has 0 saturated carbocycles. The number of halogens is 2. The number of benzene rings is 2. The summed E-state index contributed by atoms with van der Waals surface area (Å²) in [5, 5.41) is 3.41. The molecule has 0 aliphatic carbocycles. The molecule has 0 aromatic heterocycles. The van der Waals surface area contributed by atoms with Gasteiger partial charge in [0.2, 0.25) is 0 Å². The molecule has 0 aliphatic heterocycles. The average Bonchev–Trinajstić information content (AvgIpc) is 2.45. The lowest BCUT2D eigenvalue weighted by molar-refractivity contribution is 0.723. The van der Waals surface area contributed by atoms with Crippen LogP contribution < -0.4 is 10.2 Å². The van der Waals surface area contributed by atoms with Gasteiger partial charge in [0.25, 0.3) is 0 Å². The van der Waals surface area contributed by atoms with Crippen molar-refractivity contribution < 1.29 is 0 Å². The van der Waals surface area contributed by atoms with E-state index in [2.05, 4.69) is 98.5 Å². The highest BCUT2D eigenvalue weighted by atomic mass is 79.9. The van der Waals surface area contributed by atoms with E-state index in [0.29, 0.717) is 0 Å². The van der Waals surface area contributed by atoms with Gasteiger partial charge in [0, 0.05) is 34.8 Å². The van der Waals surface area contributed by atoms with E-state index in [1.807, 2.05) is 0 Å². The zero-order chi connectivity index (χ0) is 15.2. The van der Waals surface area contributed by atoms with E-state index in [0.717, 1.165) is 28.6 Å². The lowest BCUT2D eigenvalue weighted by atomic mass is 10.1. The van der Waals surface area contributed by atoms with Gasteiger partial charge < -0.3 is 10.2 Å². The van der Waals surface area contributed by atoms with Gasteiger partial charge in [0.15, 0.2) is 0 Å². The fourth-order valence-corrected chi connectivity index (χ4v) is 3.18. The highest BCUT2D eigenvalue weighted by Gasteiger charge is 2.09. The highest BCUT2D eigenvalue weighted by Crippen LogP contribution is 2.25. The summed E-state index contributed by atoms with van der Waals surface area (Å²) in [6, 6.07) is 14.9. The van der Waals surface area contributed by atoms with Crippen LogP contribution in [0.3, 0.4) is 0 Å². The first-order valence-corrected chi connectivity index (χ1v) is 8.63. The minimum absolute atomic E-state index is 0.883. The molecule has 21 heavy (non-hydrogen) atoms. The van der Waals surface area contributed by atoms with E-state index in [4.69, 9.17) is 0 Å². The summed E-state index contributed by atoms with van der Waals surface area (Å²) in [5.41, 5.74) is 3.87. The third-order valence-electron chi connectivity index (χ3n) is 3.33. The van der Waals surface area contributed by atoms with Gasteiger partial charge in [-0.2, -0.15) is 0 Å². The Hall–Kier alpha value is -0.840. The lowest BCUT2D eigenvalue weighted by Gasteiger charge is -2.23. The maximum Gasteiger partial charge on any atom is 0.0426 e. The average molecular weight is 412 g/mol. The van der Waals surface area contributed by atoms with E-state index in [-0.39, 0.29) is 0 Å². The predicted molar refractivity (Wildman–Crippen MR) is 97.8 cm³/mol. The summed E-state index contributed by atoms with van der Waals surface area (Å²) in [5.74, 6) is 0. The number of nitrogens with one attached hydrogen (secondary N) is 1. The molecule has 2 rings (SSSR count). The molecule has 0 unspecified atom stereocenters. The summed E-state index contributed by atoms with van der Waals surface area (Å²) in [6.07, 6.45) is 0. The van der Waals surface area contributed by atoms with Crippen molar-refractivity contribution >= 4 is 37.5 Å². The van der Waals surface area contributed by atoms with Crippen LogP contribution in [-0.2, 0) is 13.1 Å². The summed E-state index contributed by atoms with van der Waals surface area (Å²) < 4.78 is 2.24. The molecule has 0 atom stereocenters. The van der Waals surface area contributed by atoms with Gasteiger partial charge in [-0.3, -0.25) is 0 Å². The molecule has 112 valence electrons. The normalized spacial score (nSPS) is 10.7. The number of hydrogen-bond acceptors (Lipinski definition) is 2. The number of nitrogens with zero attached hydrogens (tertiary/aromatic N) is 1. The Bertz CT molecular complexity index is 599. The largest absolute Gasteiger partial charge is 0.370 e. The van der Waals surface area contributed by atoms with Gasteiger partial charge in [-0.25, -0.2) is 0 Å². The molecule has 0 saturated heterocycles. The van der Waals surface area contributed by atoms with Crippen LogP contribution in [0.15, 0.2) is 51.4 Å². The van der Waals surface area contributed by atoms with Gasteiger partial charge in [0.05, 0.1) is 0 Å². The molecular weight excluding hydrogens is 392 g/mol. The van der Waals surface area contributed by atoms with Crippen molar-refractivity contribution in [3.8, 4) is 0 Å². The van der Waals surface area contributed by atoms with E-state index < -0.39 is 0 Å². The van der Waals surface area contributed by atoms with Crippen molar-refractivity contribution in [3.05, 3.63) is 62.5 Å². The molecule has 2 aromatic rings. The molecule has 4 heteroatoms.